The largest absolute Gasteiger partial charge is 0.492 e. The highest BCUT2D eigenvalue weighted by Crippen LogP contribution is 2.70. The van der Waals surface area contributed by atoms with Crippen LogP contribution < -0.4 is 4.74 Å². The number of alkyl halides is 3. The van der Waals surface area contributed by atoms with Crippen molar-refractivity contribution in [2.45, 2.75) is 51.1 Å². The van der Waals surface area contributed by atoms with Crippen LogP contribution in [-0.4, -0.2) is 69.9 Å². The summed E-state index contributed by atoms with van der Waals surface area (Å²) in [6.07, 6.45) is 0.638. The van der Waals surface area contributed by atoms with Crippen molar-refractivity contribution in [2.24, 2.45) is 34.5 Å². The number of aliphatic hydroxyl groups excluding tert-OH is 1. The molecule has 0 aromatic heterocycles. The minimum Gasteiger partial charge on any atom is -0.492 e. The van der Waals surface area contributed by atoms with Gasteiger partial charge in [0.2, 0.25) is 0 Å². The summed E-state index contributed by atoms with van der Waals surface area (Å²) >= 11 is 0.539. The zero-order chi connectivity index (χ0) is 28.9. The molecule has 3 fully saturated rings. The molecule has 5 rings (SSSR count). The van der Waals surface area contributed by atoms with Crippen molar-refractivity contribution in [3.63, 3.8) is 0 Å². The number of thioether (sulfide) groups is 1. The van der Waals surface area contributed by atoms with Crippen LogP contribution in [0.25, 0.3) is 0 Å². The second kappa shape index (κ2) is 10.9. The van der Waals surface area contributed by atoms with E-state index < -0.39 is 69.4 Å². The van der Waals surface area contributed by atoms with E-state index in [1.54, 1.807) is 12.1 Å². The molecule has 40 heavy (non-hydrogen) atoms. The fourth-order valence-electron chi connectivity index (χ4n) is 8.32. The van der Waals surface area contributed by atoms with Gasteiger partial charge in [0.1, 0.15) is 24.5 Å². The Kier molecular flexibility index (Phi) is 8.02. The van der Waals surface area contributed by atoms with Gasteiger partial charge in [-0.05, 0) is 73.3 Å². The van der Waals surface area contributed by atoms with Crippen LogP contribution in [0.3, 0.4) is 0 Å². The highest BCUT2D eigenvalue weighted by molar-refractivity contribution is 8.13. The summed E-state index contributed by atoms with van der Waals surface area (Å²) in [6, 6.07) is 8.19. The van der Waals surface area contributed by atoms with Crippen LogP contribution in [0.5, 0.6) is 5.75 Å². The first-order valence-electron chi connectivity index (χ1n) is 13.8. The maximum absolute atomic E-state index is 17.4. The number of para-hydroxylation sites is 1. The summed E-state index contributed by atoms with van der Waals surface area (Å²) in [7, 11) is 0. The lowest BCUT2D eigenvalue weighted by Gasteiger charge is -2.62. The van der Waals surface area contributed by atoms with Crippen molar-refractivity contribution in [3.8, 4) is 5.75 Å². The Balaban J connectivity index is 1.42. The van der Waals surface area contributed by atoms with Crippen molar-refractivity contribution in [2.75, 3.05) is 25.7 Å². The number of hydrogen-bond donors (Lipinski definition) is 2. The maximum atomic E-state index is 17.4. The number of allylic oxidation sites excluding steroid dienone is 4. The average Bonchev–Trinajstić information content (AvgIpc) is 3.19. The fourth-order valence-corrected chi connectivity index (χ4v) is 9.07. The van der Waals surface area contributed by atoms with Gasteiger partial charge >= 0.3 is 0 Å². The summed E-state index contributed by atoms with van der Waals surface area (Å²) in [4.78, 5) is 25.4. The molecule has 10 heteroatoms. The molecule has 218 valence electrons. The third-order valence-electron chi connectivity index (χ3n) is 10.1. The maximum Gasteiger partial charge on any atom is 0.195 e. The Hall–Kier alpha value is -2.14. The van der Waals surface area contributed by atoms with Crippen molar-refractivity contribution >= 4 is 22.7 Å². The molecule has 1 aromatic carbocycles. The number of fused-ring (bicyclic) bond motifs is 5. The van der Waals surface area contributed by atoms with E-state index in [9.17, 15) is 24.3 Å². The van der Waals surface area contributed by atoms with Gasteiger partial charge in [0.25, 0.3) is 0 Å². The second-order valence-electron chi connectivity index (χ2n) is 12.1. The molecule has 0 saturated heterocycles. The Labute approximate surface area is 236 Å². The molecule has 2 N–H and O–H groups in total. The molecule has 4 aliphatic carbocycles. The van der Waals surface area contributed by atoms with Crippen LogP contribution in [0.4, 0.5) is 13.2 Å². The fraction of sp³-hybridized carbons (Fsp3) is 0.600. The van der Waals surface area contributed by atoms with E-state index in [0.717, 1.165) is 11.1 Å². The minimum atomic E-state index is -2.26. The normalized spacial score (nSPS) is 40.3. The molecule has 0 bridgehead atoms. The van der Waals surface area contributed by atoms with E-state index >= 15 is 8.78 Å². The number of carbonyl (C=O) groups is 2. The molecule has 0 heterocycles. The van der Waals surface area contributed by atoms with Crippen LogP contribution in [0.2, 0.25) is 0 Å². The molecule has 0 amide bonds. The Morgan fingerprint density at radius 2 is 1.93 bits per heavy atom. The molecule has 1 aromatic rings. The van der Waals surface area contributed by atoms with Gasteiger partial charge in [-0.2, -0.15) is 5.06 Å². The molecule has 0 radical (unpaired) electrons. The van der Waals surface area contributed by atoms with Crippen LogP contribution in [0, 0.1) is 34.5 Å². The van der Waals surface area contributed by atoms with Gasteiger partial charge in [-0.3, -0.25) is 9.59 Å². The molecular weight excluding hydrogens is 543 g/mol. The molecule has 0 unspecified atom stereocenters. The first-order valence-corrected chi connectivity index (χ1v) is 14.7. The SMILES string of the molecule is C[C@]12C[C@H](O)[C@@]3(F)[C@@H](C[C@H](F)C4=CC(=O)C=C[C@@]43C)[C@@H]1C[C@@H](CN(O)CCOc1ccccc1)[C@@H]2C(=O)SCF. The van der Waals surface area contributed by atoms with Gasteiger partial charge in [0.05, 0.1) is 12.6 Å². The van der Waals surface area contributed by atoms with Gasteiger partial charge in [-0.15, -0.1) is 0 Å². The molecular formula is C30H36F3NO5S. The number of ether oxygens (including phenoxy) is 1. The van der Waals surface area contributed by atoms with Gasteiger partial charge in [-0.1, -0.05) is 43.0 Å². The number of benzene rings is 1. The quantitative estimate of drug-likeness (QED) is 0.414. The second-order valence-corrected chi connectivity index (χ2v) is 13.0. The summed E-state index contributed by atoms with van der Waals surface area (Å²) in [5.41, 5.74) is -4.68. The van der Waals surface area contributed by atoms with Crippen LogP contribution in [0.15, 0.2) is 54.1 Å². The molecule has 9 atom stereocenters. The van der Waals surface area contributed by atoms with Gasteiger partial charge in [0.15, 0.2) is 16.6 Å². The highest BCUT2D eigenvalue weighted by Gasteiger charge is 2.73. The number of ketones is 1. The lowest BCUT2D eigenvalue weighted by Crippen LogP contribution is -2.68. The topological polar surface area (TPSA) is 87.1 Å². The van der Waals surface area contributed by atoms with Gasteiger partial charge < -0.3 is 15.1 Å². The van der Waals surface area contributed by atoms with Crippen LogP contribution >= 0.6 is 11.8 Å². The smallest absolute Gasteiger partial charge is 0.195 e. The first kappa shape index (κ1) is 29.4. The number of aliphatic hydroxyl groups is 1. The highest BCUT2D eigenvalue weighted by atomic mass is 32.2. The Bertz CT molecular complexity index is 1200. The molecule has 0 spiro atoms. The lowest BCUT2D eigenvalue weighted by molar-refractivity contribution is -0.201. The van der Waals surface area contributed by atoms with Crippen molar-refractivity contribution in [3.05, 3.63) is 54.1 Å². The van der Waals surface area contributed by atoms with Crippen LogP contribution in [0.1, 0.15) is 33.1 Å². The number of hydroxylamine groups is 2. The third-order valence-corrected chi connectivity index (χ3v) is 10.7. The number of nitrogens with zero attached hydrogens (tertiary/aromatic N) is 1. The van der Waals surface area contributed by atoms with E-state index in [2.05, 4.69) is 0 Å². The van der Waals surface area contributed by atoms with Crippen molar-refractivity contribution in [1.82, 2.24) is 5.06 Å². The number of halogens is 3. The zero-order valence-electron chi connectivity index (χ0n) is 22.6. The zero-order valence-corrected chi connectivity index (χ0v) is 23.5. The number of carbonyl (C=O) groups excluding carboxylic acids is 2. The summed E-state index contributed by atoms with van der Waals surface area (Å²) in [6.45, 7) is 3.72. The summed E-state index contributed by atoms with van der Waals surface area (Å²) in [5.74, 6) is -2.45. The Morgan fingerprint density at radius 1 is 1.20 bits per heavy atom. The predicted molar refractivity (Wildman–Crippen MR) is 145 cm³/mol. The van der Waals surface area contributed by atoms with Gasteiger partial charge in [-0.25, -0.2) is 13.2 Å². The molecule has 6 nitrogen and oxygen atoms in total. The lowest BCUT2D eigenvalue weighted by atomic mass is 9.45. The summed E-state index contributed by atoms with van der Waals surface area (Å²) < 4.78 is 52.1. The Morgan fingerprint density at radius 3 is 2.62 bits per heavy atom. The molecule has 0 aliphatic heterocycles. The van der Waals surface area contributed by atoms with E-state index in [0.29, 0.717) is 23.9 Å². The molecule has 3 saturated carbocycles. The predicted octanol–water partition coefficient (Wildman–Crippen LogP) is 5.10. The van der Waals surface area contributed by atoms with E-state index in [4.69, 9.17) is 4.74 Å². The third kappa shape index (κ3) is 4.64. The average molecular weight is 580 g/mol. The van der Waals surface area contributed by atoms with E-state index in [1.165, 1.54) is 19.1 Å². The van der Waals surface area contributed by atoms with Crippen molar-refractivity contribution in [1.29, 1.82) is 0 Å². The molecule has 4 aliphatic rings. The minimum absolute atomic E-state index is 0.0384. The number of hydrogen-bond acceptors (Lipinski definition) is 7. The van der Waals surface area contributed by atoms with E-state index in [1.807, 2.05) is 25.1 Å². The number of rotatable bonds is 8. The monoisotopic (exact) mass is 579 g/mol. The van der Waals surface area contributed by atoms with Crippen LogP contribution in [-0.2, 0) is 9.59 Å². The summed E-state index contributed by atoms with van der Waals surface area (Å²) in [5, 5.41) is 22.9. The standard InChI is InChI=1S/C30H36F3NO5S/c1-28-15-25(36)30(33)22(14-24(32)23-13-19(35)8-9-29(23,30)2)21(28)12-18(26(28)27(37)40-17-31)16-34(38)10-11-39-20-6-4-3-5-7-20/h3-9,13,18,21-22,24-26,36,38H,10-12,14-17H2,1-2H3/t18-,21-,22-,24-,25-,26+,28-,29-,30-/m0/s1. The van der Waals surface area contributed by atoms with E-state index in [-0.39, 0.29) is 38.1 Å². The van der Waals surface area contributed by atoms with Crippen molar-refractivity contribution < 1.29 is 37.8 Å². The first-order chi connectivity index (χ1) is 19.0. The van der Waals surface area contributed by atoms with Gasteiger partial charge in [0, 0.05) is 23.8 Å².